The molecule has 1 N–H and O–H groups in total. The van der Waals surface area contributed by atoms with Gasteiger partial charge >= 0.3 is 0 Å². The standard InChI is InChI=1S/C37H48N4O6/c1-6-22-39(28-16-18-29(19-17-28)46-10-5)34(43)31-30-20-21-37(47-30)32(31)35(44)41(24-11-25-42)33(37)36(45)40(23-7-2)27-14-12-26(13-15-27)38(8-3)9-4/h6-7,12-19,30-33,42H,1-2,8-11,20-25H2,3-5H3/t30-,31+,32-,33?,37?/m0/s1. The van der Waals surface area contributed by atoms with Gasteiger partial charge in [0.05, 0.1) is 24.5 Å². The Morgan fingerprint density at radius 2 is 1.53 bits per heavy atom. The van der Waals surface area contributed by atoms with Crippen molar-refractivity contribution < 1.29 is 29.0 Å². The molecule has 3 amide bonds. The minimum atomic E-state index is -1.16. The van der Waals surface area contributed by atoms with E-state index in [4.69, 9.17) is 9.47 Å². The zero-order valence-corrected chi connectivity index (χ0v) is 27.8. The number of rotatable bonds is 16. The Morgan fingerprint density at radius 1 is 0.957 bits per heavy atom. The summed E-state index contributed by atoms with van der Waals surface area (Å²) in [5.41, 5.74) is 1.25. The van der Waals surface area contributed by atoms with Crippen LogP contribution in [-0.4, -0.2) is 91.4 Å². The molecule has 0 aromatic heterocycles. The number of nitrogens with zero attached hydrogens (tertiary/aromatic N) is 4. The zero-order chi connectivity index (χ0) is 33.7. The van der Waals surface area contributed by atoms with Crippen molar-refractivity contribution in [3.8, 4) is 5.75 Å². The Morgan fingerprint density at radius 3 is 2.09 bits per heavy atom. The van der Waals surface area contributed by atoms with Crippen molar-refractivity contribution in [2.24, 2.45) is 11.8 Å². The van der Waals surface area contributed by atoms with E-state index in [-0.39, 0.29) is 44.0 Å². The van der Waals surface area contributed by atoms with Gasteiger partial charge in [-0.2, -0.15) is 0 Å². The summed E-state index contributed by atoms with van der Waals surface area (Å²) in [5, 5.41) is 9.74. The lowest BCUT2D eigenvalue weighted by atomic mass is 9.70. The van der Waals surface area contributed by atoms with Crippen molar-refractivity contribution in [1.82, 2.24) is 4.90 Å². The molecule has 2 unspecified atom stereocenters. The average molecular weight is 645 g/mol. The molecule has 3 aliphatic rings. The number of benzene rings is 2. The number of aliphatic hydroxyl groups excluding tert-OH is 1. The molecule has 47 heavy (non-hydrogen) atoms. The van der Waals surface area contributed by atoms with Gasteiger partial charge in [0.2, 0.25) is 11.8 Å². The molecule has 2 aromatic rings. The molecule has 3 heterocycles. The molecule has 3 fully saturated rings. The predicted molar refractivity (Wildman–Crippen MR) is 184 cm³/mol. The van der Waals surface area contributed by atoms with Crippen molar-refractivity contribution in [3.63, 3.8) is 0 Å². The van der Waals surface area contributed by atoms with Gasteiger partial charge in [-0.25, -0.2) is 0 Å². The van der Waals surface area contributed by atoms with Crippen molar-refractivity contribution in [2.75, 3.05) is 60.6 Å². The van der Waals surface area contributed by atoms with Crippen LogP contribution < -0.4 is 19.4 Å². The van der Waals surface area contributed by atoms with Crippen molar-refractivity contribution in [2.45, 2.75) is 57.8 Å². The van der Waals surface area contributed by atoms with E-state index < -0.39 is 29.6 Å². The number of hydrogen-bond donors (Lipinski definition) is 1. The number of likely N-dealkylation sites (tertiary alicyclic amines) is 1. The Kier molecular flexibility index (Phi) is 10.7. The molecule has 3 saturated heterocycles. The molecular formula is C37H48N4O6. The molecule has 0 saturated carbocycles. The van der Waals surface area contributed by atoms with Gasteiger partial charge in [0.25, 0.3) is 5.91 Å². The maximum absolute atomic E-state index is 14.7. The highest BCUT2D eigenvalue weighted by Crippen LogP contribution is 2.59. The van der Waals surface area contributed by atoms with Gasteiger partial charge in [0, 0.05) is 56.4 Å². The second kappa shape index (κ2) is 14.7. The minimum absolute atomic E-state index is 0.137. The lowest BCUT2D eigenvalue weighted by molar-refractivity contribution is -0.141. The van der Waals surface area contributed by atoms with E-state index in [2.05, 4.69) is 31.9 Å². The van der Waals surface area contributed by atoms with Crippen LogP contribution >= 0.6 is 0 Å². The molecule has 2 aromatic carbocycles. The molecule has 252 valence electrons. The number of carbonyl (C=O) groups is 3. The largest absolute Gasteiger partial charge is 0.494 e. The molecule has 5 atom stereocenters. The molecule has 5 rings (SSSR count). The number of ether oxygens (including phenoxy) is 2. The van der Waals surface area contributed by atoms with Crippen LogP contribution in [0.5, 0.6) is 5.75 Å². The third-order valence-corrected chi connectivity index (χ3v) is 9.78. The summed E-state index contributed by atoms with van der Waals surface area (Å²) in [5.74, 6) is -1.69. The van der Waals surface area contributed by atoms with Crippen molar-refractivity contribution >= 4 is 34.8 Å². The van der Waals surface area contributed by atoms with E-state index in [1.165, 1.54) is 0 Å². The quantitative estimate of drug-likeness (QED) is 0.270. The number of anilines is 3. The normalized spacial score (nSPS) is 24.2. The average Bonchev–Trinajstić information content (AvgIpc) is 3.73. The second-order valence-corrected chi connectivity index (χ2v) is 12.3. The highest BCUT2D eigenvalue weighted by molar-refractivity contribution is 6.06. The number of amides is 3. The SMILES string of the molecule is C=CCN(C(=O)C1N(CCCO)C(=O)[C@@H]2[C@H](C(=O)N(CC=C)c3ccc(OCC)cc3)[C@@H]3CCC12O3)c1ccc(N(CC)CC)cc1. The maximum Gasteiger partial charge on any atom is 0.253 e. The van der Waals surface area contributed by atoms with E-state index in [0.29, 0.717) is 43.0 Å². The van der Waals surface area contributed by atoms with Crippen LogP contribution in [0.4, 0.5) is 17.1 Å². The Bertz CT molecular complexity index is 1440. The van der Waals surface area contributed by atoms with Crippen LogP contribution in [0.15, 0.2) is 73.8 Å². The van der Waals surface area contributed by atoms with Crippen LogP contribution in [0.1, 0.15) is 40.0 Å². The first-order valence-electron chi connectivity index (χ1n) is 16.8. The Labute approximate surface area is 278 Å². The number of hydrogen-bond acceptors (Lipinski definition) is 7. The third-order valence-electron chi connectivity index (χ3n) is 9.78. The second-order valence-electron chi connectivity index (χ2n) is 12.3. The summed E-state index contributed by atoms with van der Waals surface area (Å²) in [6, 6.07) is 14.2. The van der Waals surface area contributed by atoms with Crippen molar-refractivity contribution in [3.05, 3.63) is 73.8 Å². The Hall–Kier alpha value is -4.15. The van der Waals surface area contributed by atoms with Gasteiger partial charge in [0.15, 0.2) is 0 Å². The van der Waals surface area contributed by atoms with E-state index in [1.54, 1.807) is 26.9 Å². The summed E-state index contributed by atoms with van der Waals surface area (Å²) >= 11 is 0. The van der Waals surface area contributed by atoms with Gasteiger partial charge in [0.1, 0.15) is 17.4 Å². The molecule has 10 nitrogen and oxygen atoms in total. The topological polar surface area (TPSA) is 103 Å². The highest BCUT2D eigenvalue weighted by atomic mass is 16.5. The molecule has 2 bridgehead atoms. The lowest BCUT2D eigenvalue weighted by Crippen LogP contribution is -2.56. The Balaban J connectivity index is 1.50. The maximum atomic E-state index is 14.7. The van der Waals surface area contributed by atoms with E-state index in [1.807, 2.05) is 55.5 Å². The lowest BCUT2D eigenvalue weighted by Gasteiger charge is -2.37. The molecular weight excluding hydrogens is 596 g/mol. The van der Waals surface area contributed by atoms with Gasteiger partial charge in [-0.1, -0.05) is 12.2 Å². The first-order chi connectivity index (χ1) is 22.8. The molecule has 10 heteroatoms. The molecule has 0 radical (unpaired) electrons. The summed E-state index contributed by atoms with van der Waals surface area (Å²) in [7, 11) is 0. The summed E-state index contributed by atoms with van der Waals surface area (Å²) in [6.45, 7) is 16.7. The third kappa shape index (κ3) is 6.16. The monoisotopic (exact) mass is 644 g/mol. The fraction of sp³-hybridized carbons (Fsp3) is 0.486. The van der Waals surface area contributed by atoms with Gasteiger partial charge < -0.3 is 34.2 Å². The smallest absolute Gasteiger partial charge is 0.253 e. The summed E-state index contributed by atoms with van der Waals surface area (Å²) < 4.78 is 12.3. The summed E-state index contributed by atoms with van der Waals surface area (Å²) in [6.07, 6.45) is 4.18. The van der Waals surface area contributed by atoms with E-state index in [9.17, 15) is 19.5 Å². The zero-order valence-electron chi connectivity index (χ0n) is 27.8. The van der Waals surface area contributed by atoms with Gasteiger partial charge in [-0.15, -0.1) is 13.2 Å². The first kappa shape index (κ1) is 34.2. The fourth-order valence-corrected chi connectivity index (χ4v) is 7.75. The number of aliphatic hydroxyl groups is 1. The predicted octanol–water partition coefficient (Wildman–Crippen LogP) is 4.43. The highest BCUT2D eigenvalue weighted by Gasteiger charge is 2.75. The van der Waals surface area contributed by atoms with Crippen LogP contribution in [0.3, 0.4) is 0 Å². The summed E-state index contributed by atoms with van der Waals surface area (Å²) in [4.78, 5) is 50.7. The van der Waals surface area contributed by atoms with E-state index >= 15 is 0 Å². The van der Waals surface area contributed by atoms with Crippen LogP contribution in [0.25, 0.3) is 0 Å². The van der Waals surface area contributed by atoms with Crippen LogP contribution in [0.2, 0.25) is 0 Å². The van der Waals surface area contributed by atoms with Crippen LogP contribution in [-0.2, 0) is 19.1 Å². The van der Waals surface area contributed by atoms with Gasteiger partial charge in [-0.3, -0.25) is 14.4 Å². The number of carbonyl (C=O) groups excluding carboxylic acids is 3. The molecule has 3 aliphatic heterocycles. The van der Waals surface area contributed by atoms with Crippen molar-refractivity contribution in [1.29, 1.82) is 0 Å². The minimum Gasteiger partial charge on any atom is -0.494 e. The van der Waals surface area contributed by atoms with Crippen LogP contribution in [0, 0.1) is 11.8 Å². The molecule has 1 spiro atoms. The fourth-order valence-electron chi connectivity index (χ4n) is 7.75. The number of fused-ring (bicyclic) bond motifs is 1. The van der Waals surface area contributed by atoms with E-state index in [0.717, 1.165) is 18.8 Å². The first-order valence-corrected chi connectivity index (χ1v) is 16.8. The molecule has 0 aliphatic carbocycles. The van der Waals surface area contributed by atoms with Gasteiger partial charge in [-0.05, 0) is 88.6 Å².